The van der Waals surface area contributed by atoms with E-state index in [0.717, 1.165) is 50.4 Å². The molecule has 5 nitrogen and oxygen atoms in total. The van der Waals surface area contributed by atoms with Crippen molar-refractivity contribution in [1.29, 1.82) is 0 Å². The molecule has 3 rings (SSSR count). The highest BCUT2D eigenvalue weighted by molar-refractivity contribution is 5.81. The molecule has 5 heteroatoms. The van der Waals surface area contributed by atoms with Crippen molar-refractivity contribution in [2.75, 3.05) is 19.7 Å². The number of hydrogen-bond acceptors (Lipinski definition) is 4. The summed E-state index contributed by atoms with van der Waals surface area (Å²) in [7, 11) is 0. The Bertz CT molecular complexity index is 495. The Labute approximate surface area is 125 Å². The third-order valence-corrected chi connectivity index (χ3v) is 4.53. The monoisotopic (exact) mass is 292 g/mol. The number of rotatable bonds is 5. The SMILES string of the molecule is Cc1ccc(CN2CCC(CO)C(NC(=O)C3CC3)C2)o1. The van der Waals surface area contributed by atoms with Gasteiger partial charge >= 0.3 is 0 Å². The van der Waals surface area contributed by atoms with Gasteiger partial charge in [0.2, 0.25) is 5.91 Å². The minimum absolute atomic E-state index is 0.0490. The van der Waals surface area contributed by atoms with Crippen LogP contribution in [0.2, 0.25) is 0 Å². The lowest BCUT2D eigenvalue weighted by Gasteiger charge is -2.37. The predicted octanol–water partition coefficient (Wildman–Crippen LogP) is 1.30. The Morgan fingerprint density at radius 1 is 1.43 bits per heavy atom. The van der Waals surface area contributed by atoms with Gasteiger partial charge in [-0.3, -0.25) is 9.69 Å². The van der Waals surface area contributed by atoms with E-state index in [2.05, 4.69) is 10.2 Å². The second kappa shape index (κ2) is 6.20. The van der Waals surface area contributed by atoms with Crippen molar-refractivity contribution in [3.8, 4) is 0 Å². The molecule has 2 N–H and O–H groups in total. The van der Waals surface area contributed by atoms with E-state index in [0.29, 0.717) is 0 Å². The van der Waals surface area contributed by atoms with E-state index < -0.39 is 0 Å². The normalized spacial score (nSPS) is 26.8. The van der Waals surface area contributed by atoms with Gasteiger partial charge in [0.05, 0.1) is 6.54 Å². The molecule has 2 heterocycles. The lowest BCUT2D eigenvalue weighted by atomic mass is 9.92. The number of furan rings is 1. The molecule has 2 aliphatic rings. The summed E-state index contributed by atoms with van der Waals surface area (Å²) in [6, 6.07) is 4.03. The van der Waals surface area contributed by atoms with Gasteiger partial charge < -0.3 is 14.8 Å². The summed E-state index contributed by atoms with van der Waals surface area (Å²) in [5, 5.41) is 12.7. The van der Waals surface area contributed by atoms with E-state index in [-0.39, 0.29) is 30.4 Å². The van der Waals surface area contributed by atoms with Crippen molar-refractivity contribution in [2.24, 2.45) is 11.8 Å². The molecule has 21 heavy (non-hydrogen) atoms. The van der Waals surface area contributed by atoms with Crippen LogP contribution < -0.4 is 5.32 Å². The average molecular weight is 292 g/mol. The zero-order chi connectivity index (χ0) is 14.8. The number of likely N-dealkylation sites (tertiary alicyclic amines) is 1. The maximum Gasteiger partial charge on any atom is 0.223 e. The standard InChI is InChI=1S/C16H24N2O3/c1-11-2-5-14(21-11)8-18-7-6-13(10-19)15(9-18)17-16(20)12-3-4-12/h2,5,12-13,15,19H,3-4,6-10H2,1H3,(H,17,20). The average Bonchev–Trinajstić information content (AvgIpc) is 3.24. The van der Waals surface area contributed by atoms with Crippen LogP contribution in [0.3, 0.4) is 0 Å². The second-order valence-corrected chi connectivity index (χ2v) is 6.37. The highest BCUT2D eigenvalue weighted by atomic mass is 16.3. The first-order valence-corrected chi connectivity index (χ1v) is 7.84. The third-order valence-electron chi connectivity index (χ3n) is 4.53. The van der Waals surface area contributed by atoms with Gasteiger partial charge in [0, 0.05) is 31.0 Å². The molecule has 116 valence electrons. The van der Waals surface area contributed by atoms with Crippen molar-refractivity contribution >= 4 is 5.91 Å². The van der Waals surface area contributed by atoms with Gasteiger partial charge in [-0.1, -0.05) is 0 Å². The number of aryl methyl sites for hydroxylation is 1. The van der Waals surface area contributed by atoms with Gasteiger partial charge in [-0.2, -0.15) is 0 Å². The van der Waals surface area contributed by atoms with E-state index in [1.165, 1.54) is 0 Å². The Morgan fingerprint density at radius 2 is 2.24 bits per heavy atom. The molecule has 1 amide bonds. The fourth-order valence-corrected chi connectivity index (χ4v) is 3.03. The van der Waals surface area contributed by atoms with Crippen LogP contribution in [0.5, 0.6) is 0 Å². The molecule has 0 bridgehead atoms. The smallest absolute Gasteiger partial charge is 0.223 e. The van der Waals surface area contributed by atoms with Gasteiger partial charge in [-0.15, -0.1) is 0 Å². The third kappa shape index (κ3) is 3.66. The van der Waals surface area contributed by atoms with Crippen molar-refractivity contribution in [3.63, 3.8) is 0 Å². The van der Waals surface area contributed by atoms with Crippen LogP contribution in [0.4, 0.5) is 0 Å². The minimum atomic E-state index is 0.0490. The first kappa shape index (κ1) is 14.6. The molecule has 1 aliphatic heterocycles. The number of hydrogen-bond donors (Lipinski definition) is 2. The Kier molecular flexibility index (Phi) is 4.31. The zero-order valence-electron chi connectivity index (χ0n) is 12.5. The zero-order valence-corrected chi connectivity index (χ0v) is 12.5. The van der Waals surface area contributed by atoms with Crippen LogP contribution in [0.15, 0.2) is 16.5 Å². The van der Waals surface area contributed by atoms with E-state index in [1.807, 2.05) is 19.1 Å². The Hall–Kier alpha value is -1.33. The van der Waals surface area contributed by atoms with Crippen LogP contribution in [0.1, 0.15) is 30.8 Å². The molecule has 2 atom stereocenters. The molecule has 1 aliphatic carbocycles. The summed E-state index contributed by atoms with van der Waals surface area (Å²) in [6.45, 7) is 4.56. The quantitative estimate of drug-likeness (QED) is 0.858. The molecule has 1 saturated heterocycles. The molecule has 0 aromatic carbocycles. The number of nitrogens with zero attached hydrogens (tertiary/aromatic N) is 1. The van der Waals surface area contributed by atoms with Crippen LogP contribution >= 0.6 is 0 Å². The van der Waals surface area contributed by atoms with E-state index in [9.17, 15) is 9.90 Å². The highest BCUT2D eigenvalue weighted by Crippen LogP contribution is 2.30. The summed E-state index contributed by atoms with van der Waals surface area (Å²) in [4.78, 5) is 14.3. The summed E-state index contributed by atoms with van der Waals surface area (Å²) < 4.78 is 5.63. The molecule has 2 unspecified atom stereocenters. The fourth-order valence-electron chi connectivity index (χ4n) is 3.03. The topological polar surface area (TPSA) is 65.7 Å². The summed E-state index contributed by atoms with van der Waals surface area (Å²) in [5.41, 5.74) is 0. The van der Waals surface area contributed by atoms with E-state index in [4.69, 9.17) is 4.42 Å². The number of amides is 1. The number of carbonyl (C=O) groups is 1. The first-order valence-electron chi connectivity index (χ1n) is 7.84. The van der Waals surface area contributed by atoms with Crippen molar-refractivity contribution in [1.82, 2.24) is 10.2 Å². The molecule has 0 spiro atoms. The molecule has 1 saturated carbocycles. The van der Waals surface area contributed by atoms with Gasteiger partial charge in [-0.25, -0.2) is 0 Å². The molecular weight excluding hydrogens is 268 g/mol. The maximum absolute atomic E-state index is 12.0. The second-order valence-electron chi connectivity index (χ2n) is 6.37. The summed E-state index contributed by atoms with van der Waals surface area (Å²) in [5.74, 6) is 2.43. The number of piperidine rings is 1. The van der Waals surface area contributed by atoms with Gasteiger partial charge in [0.15, 0.2) is 0 Å². The maximum atomic E-state index is 12.0. The number of carbonyl (C=O) groups excluding carboxylic acids is 1. The Balaban J connectivity index is 1.58. The highest BCUT2D eigenvalue weighted by Gasteiger charge is 2.35. The molecular formula is C16H24N2O3. The first-order chi connectivity index (χ1) is 10.2. The van der Waals surface area contributed by atoms with Crippen LogP contribution in [0, 0.1) is 18.8 Å². The predicted molar refractivity (Wildman–Crippen MR) is 78.6 cm³/mol. The van der Waals surface area contributed by atoms with Gasteiger partial charge in [0.1, 0.15) is 11.5 Å². The Morgan fingerprint density at radius 3 is 2.86 bits per heavy atom. The van der Waals surface area contributed by atoms with Crippen molar-refractivity contribution < 1.29 is 14.3 Å². The lowest BCUT2D eigenvalue weighted by molar-refractivity contribution is -0.124. The van der Waals surface area contributed by atoms with Crippen LogP contribution in [-0.4, -0.2) is 41.7 Å². The van der Waals surface area contributed by atoms with Crippen molar-refractivity contribution in [2.45, 2.75) is 38.8 Å². The largest absolute Gasteiger partial charge is 0.465 e. The summed E-state index contributed by atoms with van der Waals surface area (Å²) in [6.07, 6.45) is 2.93. The van der Waals surface area contributed by atoms with E-state index >= 15 is 0 Å². The molecule has 1 aromatic rings. The number of aliphatic hydroxyl groups excluding tert-OH is 1. The van der Waals surface area contributed by atoms with E-state index in [1.54, 1.807) is 0 Å². The van der Waals surface area contributed by atoms with Gasteiger partial charge in [-0.05, 0) is 44.9 Å². The minimum Gasteiger partial charge on any atom is -0.465 e. The van der Waals surface area contributed by atoms with Crippen molar-refractivity contribution in [3.05, 3.63) is 23.7 Å². The molecule has 1 aromatic heterocycles. The fraction of sp³-hybridized carbons (Fsp3) is 0.688. The number of nitrogens with one attached hydrogen (secondary N) is 1. The molecule has 0 radical (unpaired) electrons. The summed E-state index contributed by atoms with van der Waals surface area (Å²) >= 11 is 0. The number of aliphatic hydroxyl groups is 1. The lowest BCUT2D eigenvalue weighted by Crippen LogP contribution is -2.53. The molecule has 2 fully saturated rings. The van der Waals surface area contributed by atoms with Crippen LogP contribution in [0.25, 0.3) is 0 Å². The van der Waals surface area contributed by atoms with Gasteiger partial charge in [0.25, 0.3) is 0 Å². The van der Waals surface area contributed by atoms with Crippen LogP contribution in [-0.2, 0) is 11.3 Å².